The fraction of sp³-hybridized carbons (Fsp3) is 0.400. The van der Waals surface area contributed by atoms with Crippen LogP contribution in [0.5, 0.6) is 0 Å². The van der Waals surface area contributed by atoms with E-state index in [1.807, 2.05) is 19.1 Å². The fourth-order valence-corrected chi connectivity index (χ4v) is 1.84. The van der Waals surface area contributed by atoms with Crippen molar-refractivity contribution < 1.29 is 9.18 Å². The maximum Gasteiger partial charge on any atom is 0.234 e. The monoisotopic (exact) mass is 264 g/mol. The van der Waals surface area contributed by atoms with E-state index in [9.17, 15) is 9.18 Å². The van der Waals surface area contributed by atoms with Crippen LogP contribution in [-0.4, -0.2) is 19.0 Å². The lowest BCUT2D eigenvalue weighted by Crippen LogP contribution is -2.35. The van der Waals surface area contributed by atoms with Gasteiger partial charge in [-0.3, -0.25) is 4.79 Å². The Bertz CT molecular complexity index is 448. The molecule has 0 spiro atoms. The topological polar surface area (TPSA) is 41.1 Å². The number of benzene rings is 1. The van der Waals surface area contributed by atoms with Gasteiger partial charge in [-0.2, -0.15) is 0 Å². The summed E-state index contributed by atoms with van der Waals surface area (Å²) in [5.41, 5.74) is 2.23. The van der Waals surface area contributed by atoms with Crippen molar-refractivity contribution in [2.45, 2.75) is 26.8 Å². The summed E-state index contributed by atoms with van der Waals surface area (Å²) >= 11 is 0. The lowest BCUT2D eigenvalue weighted by molar-refractivity contribution is -0.120. The third-order valence-electron chi connectivity index (χ3n) is 2.97. The number of aryl methyl sites for hydroxylation is 2. The predicted molar refractivity (Wildman–Crippen MR) is 75.5 cm³/mol. The molecule has 0 saturated heterocycles. The van der Waals surface area contributed by atoms with Gasteiger partial charge in [0.15, 0.2) is 0 Å². The van der Waals surface area contributed by atoms with E-state index in [1.54, 1.807) is 19.9 Å². The summed E-state index contributed by atoms with van der Waals surface area (Å²) in [7, 11) is 0. The summed E-state index contributed by atoms with van der Waals surface area (Å²) in [4.78, 5) is 11.4. The molecule has 0 aliphatic carbocycles. The Hall–Kier alpha value is -1.68. The molecule has 2 N–H and O–H groups in total. The van der Waals surface area contributed by atoms with Gasteiger partial charge in [0.1, 0.15) is 5.82 Å². The van der Waals surface area contributed by atoms with Crippen molar-refractivity contribution in [1.82, 2.24) is 10.6 Å². The van der Waals surface area contributed by atoms with Gasteiger partial charge in [-0.05, 0) is 37.5 Å². The molecule has 0 aliphatic rings. The summed E-state index contributed by atoms with van der Waals surface area (Å²) in [6.45, 7) is 9.66. The first-order valence-corrected chi connectivity index (χ1v) is 6.33. The van der Waals surface area contributed by atoms with E-state index in [-0.39, 0.29) is 24.3 Å². The zero-order chi connectivity index (χ0) is 14.4. The van der Waals surface area contributed by atoms with E-state index in [4.69, 9.17) is 0 Å². The Morgan fingerprint density at radius 1 is 1.42 bits per heavy atom. The number of carbonyl (C=O) groups is 1. The summed E-state index contributed by atoms with van der Waals surface area (Å²) in [6, 6.07) is 3.61. The standard InChI is InChI=1S/C15H21FN2O/c1-5-6-17-14(19)9-18-12(4)13-7-10(2)15(16)11(3)8-13/h5,7-8,12,18H,1,6,9H2,2-4H3,(H,17,19)/t12-/m1/s1. The number of rotatable bonds is 6. The van der Waals surface area contributed by atoms with Crippen molar-refractivity contribution in [2.24, 2.45) is 0 Å². The molecule has 0 aliphatic heterocycles. The molecule has 3 nitrogen and oxygen atoms in total. The van der Waals surface area contributed by atoms with Crippen LogP contribution in [0.2, 0.25) is 0 Å². The van der Waals surface area contributed by atoms with E-state index in [0.717, 1.165) is 5.56 Å². The van der Waals surface area contributed by atoms with Crippen molar-refractivity contribution >= 4 is 5.91 Å². The number of halogens is 1. The summed E-state index contributed by atoms with van der Waals surface area (Å²) in [6.07, 6.45) is 1.63. The minimum atomic E-state index is -0.167. The highest BCUT2D eigenvalue weighted by Crippen LogP contribution is 2.19. The van der Waals surface area contributed by atoms with Gasteiger partial charge >= 0.3 is 0 Å². The molecule has 1 rings (SSSR count). The zero-order valence-electron chi connectivity index (χ0n) is 11.7. The normalized spacial score (nSPS) is 12.0. The molecule has 1 atom stereocenters. The average molecular weight is 264 g/mol. The summed E-state index contributed by atoms with van der Waals surface area (Å²) in [5, 5.41) is 5.80. The van der Waals surface area contributed by atoms with Crippen LogP contribution < -0.4 is 10.6 Å². The maximum absolute atomic E-state index is 13.5. The highest BCUT2D eigenvalue weighted by Gasteiger charge is 2.11. The molecule has 0 heterocycles. The molecule has 0 radical (unpaired) electrons. The second-order valence-corrected chi connectivity index (χ2v) is 4.66. The first-order valence-electron chi connectivity index (χ1n) is 6.33. The van der Waals surface area contributed by atoms with E-state index in [1.165, 1.54) is 0 Å². The minimum absolute atomic E-state index is 0.00696. The van der Waals surface area contributed by atoms with Crippen LogP contribution >= 0.6 is 0 Å². The molecule has 0 saturated carbocycles. The number of amides is 1. The summed E-state index contributed by atoms with van der Waals surface area (Å²) < 4.78 is 13.5. The lowest BCUT2D eigenvalue weighted by atomic mass is 10.0. The van der Waals surface area contributed by atoms with Crippen molar-refractivity contribution in [3.63, 3.8) is 0 Å². The smallest absolute Gasteiger partial charge is 0.234 e. The molecule has 1 aromatic carbocycles. The molecule has 0 aromatic heterocycles. The number of hydrogen-bond donors (Lipinski definition) is 2. The van der Waals surface area contributed by atoms with Gasteiger partial charge in [0.2, 0.25) is 5.91 Å². The van der Waals surface area contributed by atoms with E-state index in [0.29, 0.717) is 17.7 Å². The van der Waals surface area contributed by atoms with Crippen LogP contribution in [0.4, 0.5) is 4.39 Å². The van der Waals surface area contributed by atoms with Crippen molar-refractivity contribution in [3.8, 4) is 0 Å². The number of nitrogens with one attached hydrogen (secondary N) is 2. The molecule has 4 heteroatoms. The average Bonchev–Trinajstić information content (AvgIpc) is 2.39. The number of hydrogen-bond acceptors (Lipinski definition) is 2. The molecule has 1 amide bonds. The van der Waals surface area contributed by atoms with Crippen molar-refractivity contribution in [2.75, 3.05) is 13.1 Å². The molecule has 0 bridgehead atoms. The Labute approximate surface area is 113 Å². The van der Waals surface area contributed by atoms with Gasteiger partial charge in [-0.1, -0.05) is 18.2 Å². The highest BCUT2D eigenvalue weighted by molar-refractivity contribution is 5.78. The lowest BCUT2D eigenvalue weighted by Gasteiger charge is -2.16. The molecular weight excluding hydrogens is 243 g/mol. The third-order valence-corrected chi connectivity index (χ3v) is 2.97. The first-order chi connectivity index (χ1) is 8.95. The Morgan fingerprint density at radius 3 is 2.53 bits per heavy atom. The SMILES string of the molecule is C=CCNC(=O)CN[C@H](C)c1cc(C)c(F)c(C)c1. The second kappa shape index (κ2) is 7.04. The van der Waals surface area contributed by atoms with E-state index < -0.39 is 0 Å². The highest BCUT2D eigenvalue weighted by atomic mass is 19.1. The maximum atomic E-state index is 13.5. The van der Waals surface area contributed by atoms with Gasteiger partial charge < -0.3 is 10.6 Å². The Balaban J connectivity index is 2.61. The van der Waals surface area contributed by atoms with Gasteiger partial charge in [0, 0.05) is 12.6 Å². The van der Waals surface area contributed by atoms with Crippen LogP contribution in [0.1, 0.15) is 29.7 Å². The Kier molecular flexibility index (Phi) is 5.70. The molecule has 1 aromatic rings. The molecule has 19 heavy (non-hydrogen) atoms. The van der Waals surface area contributed by atoms with Gasteiger partial charge in [0.05, 0.1) is 6.54 Å². The molecule has 104 valence electrons. The van der Waals surface area contributed by atoms with Gasteiger partial charge in [-0.25, -0.2) is 4.39 Å². The molecular formula is C15H21FN2O. The van der Waals surface area contributed by atoms with Gasteiger partial charge in [0.25, 0.3) is 0 Å². The molecule has 0 fully saturated rings. The minimum Gasteiger partial charge on any atom is -0.352 e. The van der Waals surface area contributed by atoms with Crippen LogP contribution in [0.25, 0.3) is 0 Å². The fourth-order valence-electron chi connectivity index (χ4n) is 1.84. The van der Waals surface area contributed by atoms with Crippen LogP contribution in [0, 0.1) is 19.7 Å². The quantitative estimate of drug-likeness (QED) is 0.775. The van der Waals surface area contributed by atoms with Crippen LogP contribution in [-0.2, 0) is 4.79 Å². The molecule has 0 unspecified atom stereocenters. The van der Waals surface area contributed by atoms with E-state index >= 15 is 0 Å². The van der Waals surface area contributed by atoms with E-state index in [2.05, 4.69) is 17.2 Å². The van der Waals surface area contributed by atoms with Gasteiger partial charge in [-0.15, -0.1) is 6.58 Å². The summed E-state index contributed by atoms with van der Waals surface area (Å²) in [5.74, 6) is -0.248. The number of carbonyl (C=O) groups excluding carboxylic acids is 1. The Morgan fingerprint density at radius 2 is 2.00 bits per heavy atom. The van der Waals surface area contributed by atoms with Crippen molar-refractivity contribution in [3.05, 3.63) is 47.3 Å². The van der Waals surface area contributed by atoms with Crippen molar-refractivity contribution in [1.29, 1.82) is 0 Å². The largest absolute Gasteiger partial charge is 0.352 e. The van der Waals surface area contributed by atoms with Crippen LogP contribution in [0.15, 0.2) is 24.8 Å². The predicted octanol–water partition coefficient (Wildman–Crippen LogP) is 2.40. The zero-order valence-corrected chi connectivity index (χ0v) is 11.7. The first kappa shape index (κ1) is 15.4. The third kappa shape index (κ3) is 4.48. The second-order valence-electron chi connectivity index (χ2n) is 4.66. The van der Waals surface area contributed by atoms with Crippen LogP contribution in [0.3, 0.4) is 0 Å².